The summed E-state index contributed by atoms with van der Waals surface area (Å²) in [6.07, 6.45) is 0.274. The zero-order chi connectivity index (χ0) is 15.8. The normalized spacial score (nSPS) is 19.3. The van der Waals surface area contributed by atoms with Crippen LogP contribution in [0.2, 0.25) is 0 Å². The van der Waals surface area contributed by atoms with Crippen molar-refractivity contribution in [3.63, 3.8) is 0 Å². The van der Waals surface area contributed by atoms with Crippen molar-refractivity contribution in [1.82, 2.24) is 0 Å². The Labute approximate surface area is 125 Å². The maximum Gasteiger partial charge on any atom is 0.235 e. The molecule has 1 aromatic rings. The zero-order valence-electron chi connectivity index (χ0n) is 12.1. The molecule has 1 aliphatic rings. The van der Waals surface area contributed by atoms with E-state index in [1.165, 1.54) is 0 Å². The molecule has 0 amide bonds. The summed E-state index contributed by atoms with van der Waals surface area (Å²) in [6.45, 7) is 3.61. The molecule has 3 N–H and O–H groups in total. The van der Waals surface area contributed by atoms with Gasteiger partial charge in [-0.15, -0.1) is 0 Å². The Morgan fingerprint density at radius 2 is 1.76 bits per heavy atom. The zero-order valence-corrected chi connectivity index (χ0v) is 13.7. The molecule has 1 fully saturated rings. The van der Waals surface area contributed by atoms with E-state index in [1.807, 2.05) is 6.92 Å². The molecule has 1 aromatic carbocycles. The molecule has 8 heteroatoms. The van der Waals surface area contributed by atoms with Crippen LogP contribution in [0, 0.1) is 13.8 Å². The average molecular weight is 332 g/mol. The van der Waals surface area contributed by atoms with E-state index >= 15 is 0 Å². The van der Waals surface area contributed by atoms with Gasteiger partial charge in [-0.05, 0) is 43.9 Å². The molecule has 0 bridgehead atoms. The average Bonchev–Trinajstić information content (AvgIpc) is 2.39. The predicted molar refractivity (Wildman–Crippen MR) is 84.5 cm³/mol. The summed E-state index contributed by atoms with van der Waals surface area (Å²) in [5.74, 6) is -0.152. The lowest BCUT2D eigenvalue weighted by atomic mass is 10.1. The fraction of sp³-hybridized carbons (Fsp3) is 0.538. The molecule has 1 heterocycles. The van der Waals surface area contributed by atoms with Crippen molar-refractivity contribution in [2.75, 3.05) is 22.0 Å². The number of nitrogens with two attached hydrogens (primary N) is 1. The standard InChI is InChI=1S/C13H20N2O4S2/c1-9-3-4-12(10(2)13(9)14)15-21(18,19)11-5-7-20(16,17)8-6-11/h3-4,11,15H,5-8,14H2,1-2H3. The molecule has 0 aliphatic carbocycles. The van der Waals surface area contributed by atoms with Crippen LogP contribution in [0.1, 0.15) is 24.0 Å². The largest absolute Gasteiger partial charge is 0.398 e. The fourth-order valence-corrected chi connectivity index (χ4v) is 5.73. The summed E-state index contributed by atoms with van der Waals surface area (Å²) in [5, 5.41) is -0.678. The van der Waals surface area contributed by atoms with Gasteiger partial charge in [0.25, 0.3) is 0 Å². The molecule has 0 unspecified atom stereocenters. The van der Waals surface area contributed by atoms with Crippen molar-refractivity contribution in [1.29, 1.82) is 0 Å². The highest BCUT2D eigenvalue weighted by atomic mass is 32.2. The first kappa shape index (κ1) is 16.1. The number of nitrogen functional groups attached to an aromatic ring is 1. The molecule has 2 rings (SSSR count). The Kier molecular flexibility index (Phi) is 4.21. The fourth-order valence-electron chi connectivity index (χ4n) is 2.39. The molecular formula is C13H20N2O4S2. The molecule has 0 aromatic heterocycles. The number of hydrogen-bond donors (Lipinski definition) is 2. The first-order valence-corrected chi connectivity index (χ1v) is 10.1. The summed E-state index contributed by atoms with van der Waals surface area (Å²) in [6, 6.07) is 3.43. The van der Waals surface area contributed by atoms with Crippen LogP contribution in [0.3, 0.4) is 0 Å². The van der Waals surface area contributed by atoms with E-state index < -0.39 is 25.1 Å². The summed E-state index contributed by atoms with van der Waals surface area (Å²) in [5.41, 5.74) is 8.48. The van der Waals surface area contributed by atoms with E-state index in [-0.39, 0.29) is 24.3 Å². The number of aryl methyl sites for hydroxylation is 1. The van der Waals surface area contributed by atoms with Crippen LogP contribution in [0.25, 0.3) is 0 Å². The van der Waals surface area contributed by atoms with Crippen LogP contribution < -0.4 is 10.5 Å². The van der Waals surface area contributed by atoms with Crippen LogP contribution in [-0.4, -0.2) is 33.6 Å². The third kappa shape index (κ3) is 3.49. The highest BCUT2D eigenvalue weighted by molar-refractivity contribution is 7.94. The highest BCUT2D eigenvalue weighted by Crippen LogP contribution is 2.27. The molecule has 0 radical (unpaired) electrons. The van der Waals surface area contributed by atoms with Gasteiger partial charge in [0.05, 0.1) is 22.4 Å². The van der Waals surface area contributed by atoms with Crippen molar-refractivity contribution < 1.29 is 16.8 Å². The minimum atomic E-state index is -3.61. The minimum absolute atomic E-state index is 0.0758. The van der Waals surface area contributed by atoms with Crippen LogP contribution in [0.15, 0.2) is 12.1 Å². The molecule has 1 aliphatic heterocycles. The summed E-state index contributed by atoms with van der Waals surface area (Å²) >= 11 is 0. The molecule has 0 atom stereocenters. The van der Waals surface area contributed by atoms with Crippen molar-refractivity contribution in [2.24, 2.45) is 0 Å². The number of sulfonamides is 1. The van der Waals surface area contributed by atoms with E-state index in [0.29, 0.717) is 16.9 Å². The highest BCUT2D eigenvalue weighted by Gasteiger charge is 2.33. The third-order valence-corrected chi connectivity index (χ3v) is 7.49. The molecule has 6 nitrogen and oxygen atoms in total. The van der Waals surface area contributed by atoms with E-state index in [2.05, 4.69) is 4.72 Å². The van der Waals surface area contributed by atoms with Gasteiger partial charge in [-0.1, -0.05) is 6.07 Å². The Morgan fingerprint density at radius 1 is 1.19 bits per heavy atom. The van der Waals surface area contributed by atoms with Gasteiger partial charge in [-0.3, -0.25) is 4.72 Å². The minimum Gasteiger partial charge on any atom is -0.398 e. The first-order valence-electron chi connectivity index (χ1n) is 6.70. The van der Waals surface area contributed by atoms with Crippen LogP contribution in [0.4, 0.5) is 11.4 Å². The van der Waals surface area contributed by atoms with Gasteiger partial charge < -0.3 is 5.73 Å². The van der Waals surface area contributed by atoms with Crippen LogP contribution >= 0.6 is 0 Å². The molecule has 118 valence electrons. The summed E-state index contributed by atoms with van der Waals surface area (Å²) in [4.78, 5) is 0. The number of nitrogens with one attached hydrogen (secondary N) is 1. The molecule has 0 spiro atoms. The number of rotatable bonds is 3. The van der Waals surface area contributed by atoms with Crippen LogP contribution in [-0.2, 0) is 19.9 Å². The van der Waals surface area contributed by atoms with E-state index in [4.69, 9.17) is 5.73 Å². The quantitative estimate of drug-likeness (QED) is 0.809. The summed E-state index contributed by atoms with van der Waals surface area (Å²) in [7, 11) is -6.69. The van der Waals surface area contributed by atoms with Gasteiger partial charge >= 0.3 is 0 Å². The van der Waals surface area contributed by atoms with E-state index in [1.54, 1.807) is 19.1 Å². The van der Waals surface area contributed by atoms with Gasteiger partial charge in [-0.2, -0.15) is 0 Å². The van der Waals surface area contributed by atoms with Gasteiger partial charge in [0.2, 0.25) is 10.0 Å². The Bertz CT molecular complexity index is 741. The topological polar surface area (TPSA) is 106 Å². The number of hydrogen-bond acceptors (Lipinski definition) is 5. The van der Waals surface area contributed by atoms with Crippen molar-refractivity contribution in [3.05, 3.63) is 23.3 Å². The Balaban J connectivity index is 2.21. The second-order valence-corrected chi connectivity index (χ2v) is 9.73. The van der Waals surface area contributed by atoms with Gasteiger partial charge in [0, 0.05) is 5.69 Å². The lowest BCUT2D eigenvalue weighted by Gasteiger charge is -2.23. The third-order valence-electron chi connectivity index (χ3n) is 3.93. The van der Waals surface area contributed by atoms with Gasteiger partial charge in [-0.25, -0.2) is 16.8 Å². The van der Waals surface area contributed by atoms with Gasteiger partial charge in [0.1, 0.15) is 9.84 Å². The molecule has 0 saturated carbocycles. The van der Waals surface area contributed by atoms with E-state index in [0.717, 1.165) is 5.56 Å². The summed E-state index contributed by atoms with van der Waals surface area (Å²) < 4.78 is 50.1. The second kappa shape index (κ2) is 5.49. The van der Waals surface area contributed by atoms with Crippen molar-refractivity contribution >= 4 is 31.2 Å². The van der Waals surface area contributed by atoms with Gasteiger partial charge in [0.15, 0.2) is 0 Å². The molecule has 1 saturated heterocycles. The predicted octanol–water partition coefficient (Wildman–Crippen LogP) is 1.20. The second-order valence-electron chi connectivity index (χ2n) is 5.47. The number of sulfone groups is 1. The first-order chi connectivity index (χ1) is 9.62. The molecule has 21 heavy (non-hydrogen) atoms. The van der Waals surface area contributed by atoms with Crippen molar-refractivity contribution in [2.45, 2.75) is 31.9 Å². The van der Waals surface area contributed by atoms with Crippen molar-refractivity contribution in [3.8, 4) is 0 Å². The van der Waals surface area contributed by atoms with E-state index in [9.17, 15) is 16.8 Å². The maximum atomic E-state index is 12.4. The lowest BCUT2D eigenvalue weighted by molar-refractivity contribution is 0.555. The monoisotopic (exact) mass is 332 g/mol. The lowest BCUT2D eigenvalue weighted by Crippen LogP contribution is -2.36. The maximum absolute atomic E-state index is 12.4. The number of anilines is 2. The smallest absolute Gasteiger partial charge is 0.235 e. The Hall–Kier alpha value is -1.28. The number of benzene rings is 1. The Morgan fingerprint density at radius 3 is 2.33 bits per heavy atom. The SMILES string of the molecule is Cc1ccc(NS(=O)(=O)C2CCS(=O)(=O)CC2)c(C)c1N. The van der Waals surface area contributed by atoms with Crippen LogP contribution in [0.5, 0.6) is 0 Å². The molecular weight excluding hydrogens is 312 g/mol.